The maximum absolute atomic E-state index is 13.1. The SMILES string of the molecule is Cl.Fc1ccc(CN(CC2CCCNC2)C2CCOCC2)cc1. The first-order valence-corrected chi connectivity index (χ1v) is 8.58. The number of nitrogens with one attached hydrogen (secondary N) is 1. The number of benzene rings is 1. The topological polar surface area (TPSA) is 24.5 Å². The summed E-state index contributed by atoms with van der Waals surface area (Å²) in [4.78, 5) is 2.60. The monoisotopic (exact) mass is 342 g/mol. The van der Waals surface area contributed by atoms with E-state index in [0.717, 1.165) is 58.2 Å². The Kier molecular flexibility index (Phi) is 7.77. The Labute approximate surface area is 145 Å². The number of hydrogen-bond acceptors (Lipinski definition) is 3. The van der Waals surface area contributed by atoms with Crippen molar-refractivity contribution >= 4 is 12.4 Å². The number of halogens is 2. The van der Waals surface area contributed by atoms with Gasteiger partial charge in [-0.05, 0) is 62.4 Å². The molecule has 1 aromatic rings. The first-order valence-electron chi connectivity index (χ1n) is 8.58. The third-order valence-electron chi connectivity index (χ3n) is 4.90. The molecular formula is C18H28ClFN2O. The van der Waals surface area contributed by atoms with Crippen LogP contribution in [0.15, 0.2) is 24.3 Å². The Morgan fingerprint density at radius 3 is 2.52 bits per heavy atom. The van der Waals surface area contributed by atoms with E-state index in [1.807, 2.05) is 12.1 Å². The molecule has 2 aliphatic rings. The van der Waals surface area contributed by atoms with E-state index < -0.39 is 0 Å². The minimum Gasteiger partial charge on any atom is -0.381 e. The summed E-state index contributed by atoms with van der Waals surface area (Å²) in [6.45, 7) is 6.08. The average molecular weight is 343 g/mol. The molecule has 0 aromatic heterocycles. The van der Waals surface area contributed by atoms with Gasteiger partial charge in [0.15, 0.2) is 0 Å². The van der Waals surface area contributed by atoms with Crippen molar-refractivity contribution in [1.82, 2.24) is 10.2 Å². The fourth-order valence-corrected chi connectivity index (χ4v) is 3.63. The van der Waals surface area contributed by atoms with Crippen molar-refractivity contribution in [1.29, 1.82) is 0 Å². The Balaban J connectivity index is 0.00000192. The Morgan fingerprint density at radius 1 is 1.13 bits per heavy atom. The molecular weight excluding hydrogens is 315 g/mol. The van der Waals surface area contributed by atoms with Gasteiger partial charge in [-0.1, -0.05) is 12.1 Å². The highest BCUT2D eigenvalue weighted by molar-refractivity contribution is 5.85. The first kappa shape index (κ1) is 18.7. The zero-order valence-electron chi connectivity index (χ0n) is 13.7. The number of nitrogens with zero attached hydrogens (tertiary/aromatic N) is 1. The Hall–Kier alpha value is -0.680. The number of ether oxygens (including phenoxy) is 1. The normalized spacial score (nSPS) is 22.8. The molecule has 2 fully saturated rings. The molecule has 3 rings (SSSR count). The minimum absolute atomic E-state index is 0. The molecule has 0 saturated carbocycles. The lowest BCUT2D eigenvalue weighted by Gasteiger charge is -2.37. The molecule has 130 valence electrons. The fourth-order valence-electron chi connectivity index (χ4n) is 3.63. The quantitative estimate of drug-likeness (QED) is 0.889. The second-order valence-electron chi connectivity index (χ2n) is 6.61. The zero-order chi connectivity index (χ0) is 15.2. The molecule has 5 heteroatoms. The summed E-state index contributed by atoms with van der Waals surface area (Å²) in [6.07, 6.45) is 4.82. The summed E-state index contributed by atoms with van der Waals surface area (Å²) in [5, 5.41) is 3.51. The van der Waals surface area contributed by atoms with E-state index in [1.54, 1.807) is 12.1 Å². The van der Waals surface area contributed by atoms with E-state index in [1.165, 1.54) is 18.4 Å². The highest BCUT2D eigenvalue weighted by atomic mass is 35.5. The molecule has 3 nitrogen and oxygen atoms in total. The lowest BCUT2D eigenvalue weighted by Crippen LogP contribution is -2.44. The van der Waals surface area contributed by atoms with E-state index in [4.69, 9.17) is 4.74 Å². The van der Waals surface area contributed by atoms with Crippen molar-refractivity contribution in [3.63, 3.8) is 0 Å². The first-order chi connectivity index (χ1) is 10.8. The molecule has 23 heavy (non-hydrogen) atoms. The van der Waals surface area contributed by atoms with Gasteiger partial charge < -0.3 is 10.1 Å². The molecule has 1 aromatic carbocycles. The van der Waals surface area contributed by atoms with Crippen LogP contribution in [-0.4, -0.2) is 43.8 Å². The lowest BCUT2D eigenvalue weighted by molar-refractivity contribution is 0.0234. The predicted octanol–water partition coefficient (Wildman–Crippen LogP) is 3.23. The van der Waals surface area contributed by atoms with Crippen LogP contribution in [0.4, 0.5) is 4.39 Å². The van der Waals surface area contributed by atoms with Crippen molar-refractivity contribution < 1.29 is 9.13 Å². The predicted molar refractivity (Wildman–Crippen MR) is 93.5 cm³/mol. The van der Waals surface area contributed by atoms with Crippen LogP contribution in [0.25, 0.3) is 0 Å². The molecule has 1 atom stereocenters. The molecule has 2 saturated heterocycles. The summed E-state index contributed by atoms with van der Waals surface area (Å²) in [7, 11) is 0. The van der Waals surface area contributed by atoms with E-state index in [9.17, 15) is 4.39 Å². The maximum atomic E-state index is 13.1. The molecule has 0 aliphatic carbocycles. The van der Waals surface area contributed by atoms with Crippen molar-refractivity contribution in [2.24, 2.45) is 5.92 Å². The molecule has 0 bridgehead atoms. The summed E-state index contributed by atoms with van der Waals surface area (Å²) in [6, 6.07) is 7.57. The van der Waals surface area contributed by atoms with Gasteiger partial charge in [0.1, 0.15) is 5.82 Å². The third kappa shape index (κ3) is 5.71. The zero-order valence-corrected chi connectivity index (χ0v) is 14.5. The van der Waals surface area contributed by atoms with Crippen LogP contribution in [0.1, 0.15) is 31.2 Å². The van der Waals surface area contributed by atoms with Crippen LogP contribution in [0, 0.1) is 11.7 Å². The van der Waals surface area contributed by atoms with Crippen LogP contribution in [0.3, 0.4) is 0 Å². The van der Waals surface area contributed by atoms with Gasteiger partial charge in [-0.15, -0.1) is 12.4 Å². The second-order valence-corrected chi connectivity index (χ2v) is 6.61. The molecule has 1 N–H and O–H groups in total. The minimum atomic E-state index is -0.155. The Morgan fingerprint density at radius 2 is 1.87 bits per heavy atom. The number of piperidine rings is 1. The largest absolute Gasteiger partial charge is 0.381 e. The van der Waals surface area contributed by atoms with Crippen LogP contribution >= 0.6 is 12.4 Å². The van der Waals surface area contributed by atoms with Gasteiger partial charge in [0.25, 0.3) is 0 Å². The van der Waals surface area contributed by atoms with E-state index in [-0.39, 0.29) is 18.2 Å². The van der Waals surface area contributed by atoms with Crippen LogP contribution < -0.4 is 5.32 Å². The van der Waals surface area contributed by atoms with Gasteiger partial charge in [0.05, 0.1) is 0 Å². The summed E-state index contributed by atoms with van der Waals surface area (Å²) < 4.78 is 18.6. The van der Waals surface area contributed by atoms with E-state index in [2.05, 4.69) is 10.2 Å². The maximum Gasteiger partial charge on any atom is 0.123 e. The van der Waals surface area contributed by atoms with Gasteiger partial charge in [0.2, 0.25) is 0 Å². The van der Waals surface area contributed by atoms with Crippen molar-refractivity contribution in [3.05, 3.63) is 35.6 Å². The smallest absolute Gasteiger partial charge is 0.123 e. The van der Waals surface area contributed by atoms with Crippen LogP contribution in [0.2, 0.25) is 0 Å². The number of rotatable bonds is 5. The van der Waals surface area contributed by atoms with Gasteiger partial charge in [-0.25, -0.2) is 4.39 Å². The average Bonchev–Trinajstić information content (AvgIpc) is 2.58. The van der Waals surface area contributed by atoms with Gasteiger partial charge >= 0.3 is 0 Å². The van der Waals surface area contributed by atoms with Gasteiger partial charge in [0, 0.05) is 32.3 Å². The standard InChI is InChI=1S/C18H27FN2O.ClH/c19-17-5-3-15(4-6-17)13-21(18-7-10-22-11-8-18)14-16-2-1-9-20-12-16;/h3-6,16,18,20H,1-2,7-14H2;1H. The fraction of sp³-hybridized carbons (Fsp3) is 0.667. The summed E-state index contributed by atoms with van der Waals surface area (Å²) in [5.41, 5.74) is 1.21. The van der Waals surface area contributed by atoms with Crippen molar-refractivity contribution in [2.75, 3.05) is 32.8 Å². The lowest BCUT2D eigenvalue weighted by atomic mass is 9.96. The van der Waals surface area contributed by atoms with Gasteiger partial charge in [-0.3, -0.25) is 4.90 Å². The van der Waals surface area contributed by atoms with Crippen molar-refractivity contribution in [3.8, 4) is 0 Å². The number of hydrogen-bond donors (Lipinski definition) is 1. The second kappa shape index (κ2) is 9.58. The highest BCUT2D eigenvalue weighted by Crippen LogP contribution is 2.21. The van der Waals surface area contributed by atoms with Crippen LogP contribution in [0.5, 0.6) is 0 Å². The van der Waals surface area contributed by atoms with E-state index in [0.29, 0.717) is 6.04 Å². The molecule has 1 unspecified atom stereocenters. The molecule has 2 aliphatic heterocycles. The third-order valence-corrected chi connectivity index (χ3v) is 4.90. The summed E-state index contributed by atoms with van der Waals surface area (Å²) in [5.74, 6) is 0.579. The Bertz CT molecular complexity index is 445. The molecule has 0 radical (unpaired) electrons. The van der Waals surface area contributed by atoms with Crippen molar-refractivity contribution in [2.45, 2.75) is 38.3 Å². The van der Waals surface area contributed by atoms with E-state index >= 15 is 0 Å². The molecule has 0 amide bonds. The summed E-state index contributed by atoms with van der Waals surface area (Å²) >= 11 is 0. The van der Waals surface area contributed by atoms with Gasteiger partial charge in [-0.2, -0.15) is 0 Å². The van der Waals surface area contributed by atoms with Crippen LogP contribution in [-0.2, 0) is 11.3 Å². The highest BCUT2D eigenvalue weighted by Gasteiger charge is 2.25. The molecule has 2 heterocycles. The molecule has 0 spiro atoms.